The van der Waals surface area contributed by atoms with Gasteiger partial charge in [-0.05, 0) is 48.9 Å². The number of phenols is 1. The summed E-state index contributed by atoms with van der Waals surface area (Å²) in [4.78, 5) is 0. The number of aromatic hydroxyl groups is 1. The van der Waals surface area contributed by atoms with Crippen LogP contribution in [0.2, 0.25) is 5.02 Å². The molecule has 0 spiro atoms. The van der Waals surface area contributed by atoms with Crippen LogP contribution in [0.5, 0.6) is 5.75 Å². The summed E-state index contributed by atoms with van der Waals surface area (Å²) in [6, 6.07) is 23.6. The Labute approximate surface area is 158 Å². The number of anilines is 1. The van der Waals surface area contributed by atoms with Crippen molar-refractivity contribution in [3.8, 4) is 5.75 Å². The summed E-state index contributed by atoms with van der Waals surface area (Å²) in [5.41, 5.74) is 5.06. The number of para-hydroxylation sites is 1. The van der Waals surface area contributed by atoms with Crippen LogP contribution < -0.4 is 5.01 Å². The van der Waals surface area contributed by atoms with Gasteiger partial charge in [-0.15, -0.1) is 0 Å². The molecule has 0 radical (unpaired) electrons. The molecule has 0 saturated heterocycles. The summed E-state index contributed by atoms with van der Waals surface area (Å²) in [5.74, 6) is 0.257. The highest BCUT2D eigenvalue weighted by Gasteiger charge is 2.30. The summed E-state index contributed by atoms with van der Waals surface area (Å²) in [7, 11) is 0. The summed E-state index contributed by atoms with van der Waals surface area (Å²) in [6.07, 6.45) is 0.726. The van der Waals surface area contributed by atoms with Gasteiger partial charge < -0.3 is 5.11 Å². The molecule has 0 fully saturated rings. The van der Waals surface area contributed by atoms with Crippen molar-refractivity contribution in [3.05, 3.63) is 94.5 Å². The molecule has 0 aliphatic carbocycles. The standard InChI is InChI=1S/C22H19ClN2O/c1-15-5-4-6-16(13-15)21-14-20(19-7-2-3-8-22(19)26)24-25(21)18-11-9-17(23)10-12-18/h2-13,21,26H,14H2,1H3. The Kier molecular flexibility index (Phi) is 4.39. The minimum Gasteiger partial charge on any atom is -0.507 e. The molecule has 1 aliphatic heterocycles. The second-order valence-corrected chi connectivity index (χ2v) is 6.96. The molecule has 0 amide bonds. The van der Waals surface area contributed by atoms with E-state index in [1.54, 1.807) is 6.07 Å². The van der Waals surface area contributed by atoms with Crippen LogP contribution in [-0.4, -0.2) is 10.8 Å². The zero-order valence-corrected chi connectivity index (χ0v) is 15.2. The van der Waals surface area contributed by atoms with Crippen LogP contribution in [0.15, 0.2) is 77.9 Å². The second kappa shape index (κ2) is 6.85. The average molecular weight is 363 g/mol. The number of rotatable bonds is 3. The molecule has 1 N–H and O–H groups in total. The van der Waals surface area contributed by atoms with Gasteiger partial charge in [-0.1, -0.05) is 53.6 Å². The van der Waals surface area contributed by atoms with Crippen molar-refractivity contribution < 1.29 is 5.11 Å². The Bertz CT molecular complexity index is 966. The lowest BCUT2D eigenvalue weighted by Gasteiger charge is -2.24. The number of phenolic OH excluding ortho intramolecular Hbond substituents is 1. The molecular formula is C22H19ClN2O. The number of nitrogens with zero attached hydrogens (tertiary/aromatic N) is 2. The molecular weight excluding hydrogens is 344 g/mol. The molecule has 1 aliphatic rings. The Hall–Kier alpha value is -2.78. The molecule has 3 nitrogen and oxygen atoms in total. The van der Waals surface area contributed by atoms with Gasteiger partial charge in [-0.2, -0.15) is 5.10 Å². The third kappa shape index (κ3) is 3.18. The topological polar surface area (TPSA) is 35.8 Å². The highest BCUT2D eigenvalue weighted by Crippen LogP contribution is 2.38. The van der Waals surface area contributed by atoms with Crippen LogP contribution in [0, 0.1) is 6.92 Å². The third-order valence-corrected chi connectivity index (χ3v) is 4.90. The molecule has 0 saturated carbocycles. The number of halogens is 1. The summed E-state index contributed by atoms with van der Waals surface area (Å²) in [6.45, 7) is 2.09. The molecule has 1 atom stereocenters. The number of hydrazone groups is 1. The van der Waals surface area contributed by atoms with Crippen LogP contribution in [0.4, 0.5) is 5.69 Å². The van der Waals surface area contributed by atoms with Gasteiger partial charge in [-0.25, -0.2) is 0 Å². The quantitative estimate of drug-likeness (QED) is 0.647. The first-order chi connectivity index (χ1) is 12.6. The lowest BCUT2D eigenvalue weighted by Crippen LogP contribution is -2.18. The molecule has 1 heterocycles. The fourth-order valence-corrected chi connectivity index (χ4v) is 3.49. The zero-order chi connectivity index (χ0) is 18.1. The van der Waals surface area contributed by atoms with Crippen molar-refractivity contribution >= 4 is 23.0 Å². The van der Waals surface area contributed by atoms with E-state index >= 15 is 0 Å². The van der Waals surface area contributed by atoms with Crippen molar-refractivity contribution in [2.75, 3.05) is 5.01 Å². The average Bonchev–Trinajstić information content (AvgIpc) is 3.08. The third-order valence-electron chi connectivity index (χ3n) is 4.64. The highest BCUT2D eigenvalue weighted by atomic mass is 35.5. The minimum absolute atomic E-state index is 0.0747. The van der Waals surface area contributed by atoms with E-state index in [4.69, 9.17) is 16.7 Å². The van der Waals surface area contributed by atoms with Crippen molar-refractivity contribution in [3.63, 3.8) is 0 Å². The van der Waals surface area contributed by atoms with Gasteiger partial charge in [-0.3, -0.25) is 5.01 Å². The lowest BCUT2D eigenvalue weighted by atomic mass is 9.96. The lowest BCUT2D eigenvalue weighted by molar-refractivity contribution is 0.474. The predicted octanol–water partition coefficient (Wildman–Crippen LogP) is 5.71. The maximum atomic E-state index is 10.2. The monoisotopic (exact) mass is 362 g/mol. The second-order valence-electron chi connectivity index (χ2n) is 6.52. The van der Waals surface area contributed by atoms with Gasteiger partial charge in [0.05, 0.1) is 17.4 Å². The SMILES string of the molecule is Cc1cccc(C2CC(c3ccccc3O)=NN2c2ccc(Cl)cc2)c1. The van der Waals surface area contributed by atoms with E-state index in [-0.39, 0.29) is 11.8 Å². The molecule has 4 rings (SSSR count). The van der Waals surface area contributed by atoms with Crippen LogP contribution in [-0.2, 0) is 0 Å². The van der Waals surface area contributed by atoms with Gasteiger partial charge in [0.25, 0.3) is 0 Å². The van der Waals surface area contributed by atoms with E-state index in [1.165, 1.54) is 11.1 Å². The van der Waals surface area contributed by atoms with Crippen molar-refractivity contribution in [2.24, 2.45) is 5.10 Å². The van der Waals surface area contributed by atoms with Gasteiger partial charge in [0.2, 0.25) is 0 Å². The number of hydrogen-bond acceptors (Lipinski definition) is 3. The largest absolute Gasteiger partial charge is 0.507 e. The van der Waals surface area contributed by atoms with E-state index in [2.05, 4.69) is 31.2 Å². The van der Waals surface area contributed by atoms with E-state index < -0.39 is 0 Å². The predicted molar refractivity (Wildman–Crippen MR) is 107 cm³/mol. The van der Waals surface area contributed by atoms with Crippen molar-refractivity contribution in [1.82, 2.24) is 0 Å². The highest BCUT2D eigenvalue weighted by molar-refractivity contribution is 6.30. The maximum absolute atomic E-state index is 10.2. The molecule has 0 bridgehead atoms. The van der Waals surface area contributed by atoms with Gasteiger partial charge in [0, 0.05) is 17.0 Å². The van der Waals surface area contributed by atoms with E-state index in [0.717, 1.165) is 23.4 Å². The van der Waals surface area contributed by atoms with E-state index in [1.807, 2.05) is 47.5 Å². The van der Waals surface area contributed by atoms with E-state index in [9.17, 15) is 5.11 Å². The Morgan fingerprint density at radius 3 is 2.50 bits per heavy atom. The maximum Gasteiger partial charge on any atom is 0.124 e. The first kappa shape index (κ1) is 16.7. The number of aryl methyl sites for hydroxylation is 1. The normalized spacial score (nSPS) is 16.6. The van der Waals surface area contributed by atoms with Gasteiger partial charge >= 0.3 is 0 Å². The molecule has 130 valence electrons. The van der Waals surface area contributed by atoms with Crippen LogP contribution in [0.25, 0.3) is 0 Å². The number of hydrogen-bond donors (Lipinski definition) is 1. The van der Waals surface area contributed by atoms with Crippen molar-refractivity contribution in [1.29, 1.82) is 0 Å². The Morgan fingerprint density at radius 1 is 1.00 bits per heavy atom. The fraction of sp³-hybridized carbons (Fsp3) is 0.136. The molecule has 26 heavy (non-hydrogen) atoms. The molecule has 3 aromatic rings. The van der Waals surface area contributed by atoms with E-state index in [0.29, 0.717) is 5.02 Å². The number of benzene rings is 3. The smallest absolute Gasteiger partial charge is 0.124 e. The van der Waals surface area contributed by atoms with Crippen LogP contribution in [0.3, 0.4) is 0 Å². The fourth-order valence-electron chi connectivity index (χ4n) is 3.36. The zero-order valence-electron chi connectivity index (χ0n) is 14.4. The van der Waals surface area contributed by atoms with Crippen LogP contribution >= 0.6 is 11.6 Å². The first-order valence-electron chi connectivity index (χ1n) is 8.59. The first-order valence-corrected chi connectivity index (χ1v) is 8.97. The van der Waals surface area contributed by atoms with Gasteiger partial charge in [0.1, 0.15) is 5.75 Å². The summed E-state index contributed by atoms with van der Waals surface area (Å²) >= 11 is 6.05. The minimum atomic E-state index is 0.0747. The van der Waals surface area contributed by atoms with Crippen LogP contribution in [0.1, 0.15) is 29.2 Å². The summed E-state index contributed by atoms with van der Waals surface area (Å²) in [5, 5.41) is 17.8. The molecule has 3 aromatic carbocycles. The Morgan fingerprint density at radius 2 is 1.77 bits per heavy atom. The summed E-state index contributed by atoms with van der Waals surface area (Å²) < 4.78 is 0. The van der Waals surface area contributed by atoms with Crippen molar-refractivity contribution in [2.45, 2.75) is 19.4 Å². The molecule has 1 unspecified atom stereocenters. The molecule has 4 heteroatoms. The van der Waals surface area contributed by atoms with Gasteiger partial charge in [0.15, 0.2) is 0 Å². The molecule has 0 aromatic heterocycles. The Balaban J connectivity index is 1.78.